The predicted molar refractivity (Wildman–Crippen MR) is 84.0 cm³/mol. The topological polar surface area (TPSA) is 59.6 Å². The Morgan fingerprint density at radius 1 is 1.29 bits per heavy atom. The molecule has 2 rings (SSSR count). The molecule has 118 valence electrons. The Labute approximate surface area is 131 Å². The third-order valence-corrected chi connectivity index (χ3v) is 3.62. The van der Waals surface area contributed by atoms with Crippen LogP contribution in [0.25, 0.3) is 0 Å². The first-order valence-electron chi connectivity index (χ1n) is 6.99. The highest BCUT2D eigenvalue weighted by Crippen LogP contribution is 2.22. The highest BCUT2D eigenvalue weighted by Gasteiger charge is 2.39. The fourth-order valence-corrected chi connectivity index (χ4v) is 2.37. The van der Waals surface area contributed by atoms with Crippen LogP contribution in [0.1, 0.15) is 12.8 Å². The maximum absolute atomic E-state index is 12.2. The first kappa shape index (κ1) is 17.8. The van der Waals surface area contributed by atoms with Crippen molar-refractivity contribution in [3.8, 4) is 5.75 Å². The summed E-state index contributed by atoms with van der Waals surface area (Å²) >= 11 is 0. The highest BCUT2D eigenvalue weighted by molar-refractivity contribution is 5.85. The van der Waals surface area contributed by atoms with E-state index in [4.69, 9.17) is 9.47 Å². The monoisotopic (exact) mass is 314 g/mol. The third-order valence-electron chi connectivity index (χ3n) is 3.62. The standard InChI is InChI=1S/C15H22N2O3.ClH/c1-19-15(7-9-16-10-8-15)14(18)17-11-12-20-13-5-3-2-4-6-13;/h2-6,16H,7-12H2,1H3,(H,17,18);1H. The van der Waals surface area contributed by atoms with Crippen molar-refractivity contribution in [1.82, 2.24) is 10.6 Å². The zero-order valence-corrected chi connectivity index (χ0v) is 13.1. The second-order valence-electron chi connectivity index (χ2n) is 4.87. The molecule has 0 spiro atoms. The summed E-state index contributed by atoms with van der Waals surface area (Å²) < 4.78 is 11.0. The number of nitrogens with one attached hydrogen (secondary N) is 2. The fourth-order valence-electron chi connectivity index (χ4n) is 2.37. The van der Waals surface area contributed by atoms with E-state index in [1.807, 2.05) is 30.3 Å². The summed E-state index contributed by atoms with van der Waals surface area (Å²) in [6.45, 7) is 2.55. The third kappa shape index (κ3) is 4.88. The van der Waals surface area contributed by atoms with Gasteiger partial charge in [-0.2, -0.15) is 0 Å². The summed E-state index contributed by atoms with van der Waals surface area (Å²) in [7, 11) is 1.60. The molecule has 0 aliphatic carbocycles. The van der Waals surface area contributed by atoms with Crippen LogP contribution in [-0.4, -0.2) is 44.9 Å². The highest BCUT2D eigenvalue weighted by atomic mass is 35.5. The van der Waals surface area contributed by atoms with Crippen LogP contribution in [0.2, 0.25) is 0 Å². The number of ether oxygens (including phenoxy) is 2. The molecule has 1 aromatic carbocycles. The molecule has 0 unspecified atom stereocenters. The van der Waals surface area contributed by atoms with Gasteiger partial charge in [0.25, 0.3) is 5.91 Å². The number of rotatable bonds is 6. The second kappa shape index (κ2) is 8.87. The van der Waals surface area contributed by atoms with E-state index in [1.165, 1.54) is 0 Å². The minimum Gasteiger partial charge on any atom is -0.492 e. The maximum Gasteiger partial charge on any atom is 0.252 e. The zero-order valence-electron chi connectivity index (χ0n) is 12.3. The molecular formula is C15H23ClN2O3. The molecule has 0 atom stereocenters. The van der Waals surface area contributed by atoms with E-state index < -0.39 is 5.60 Å². The Bertz CT molecular complexity index is 422. The van der Waals surface area contributed by atoms with Crippen molar-refractivity contribution in [2.24, 2.45) is 0 Å². The normalized spacial score (nSPS) is 16.6. The van der Waals surface area contributed by atoms with Crippen LogP contribution in [0.15, 0.2) is 30.3 Å². The summed E-state index contributed by atoms with van der Waals surface area (Å²) in [6, 6.07) is 9.57. The second-order valence-corrected chi connectivity index (χ2v) is 4.87. The quantitative estimate of drug-likeness (QED) is 0.779. The van der Waals surface area contributed by atoms with Crippen molar-refractivity contribution in [3.05, 3.63) is 30.3 Å². The molecule has 1 aliphatic heterocycles. The van der Waals surface area contributed by atoms with Gasteiger partial charge in [-0.05, 0) is 38.1 Å². The van der Waals surface area contributed by atoms with Crippen LogP contribution >= 0.6 is 12.4 Å². The van der Waals surface area contributed by atoms with E-state index >= 15 is 0 Å². The minimum atomic E-state index is -0.683. The molecule has 1 saturated heterocycles. The lowest BCUT2D eigenvalue weighted by Crippen LogP contribution is -2.54. The van der Waals surface area contributed by atoms with Gasteiger partial charge in [-0.1, -0.05) is 18.2 Å². The number of piperidine rings is 1. The van der Waals surface area contributed by atoms with Gasteiger partial charge < -0.3 is 20.1 Å². The lowest BCUT2D eigenvalue weighted by Gasteiger charge is -2.34. The van der Waals surface area contributed by atoms with Crippen molar-refractivity contribution >= 4 is 18.3 Å². The minimum absolute atomic E-state index is 0. The van der Waals surface area contributed by atoms with Crippen LogP contribution in [-0.2, 0) is 9.53 Å². The number of para-hydroxylation sites is 1. The average molecular weight is 315 g/mol. The Kier molecular flexibility index (Phi) is 7.50. The first-order valence-corrected chi connectivity index (χ1v) is 6.99. The van der Waals surface area contributed by atoms with E-state index in [0.29, 0.717) is 26.0 Å². The van der Waals surface area contributed by atoms with Gasteiger partial charge in [0.2, 0.25) is 0 Å². The van der Waals surface area contributed by atoms with Gasteiger partial charge in [0.1, 0.15) is 18.0 Å². The average Bonchev–Trinajstić information content (AvgIpc) is 2.53. The molecule has 1 amide bonds. The van der Waals surface area contributed by atoms with Crippen LogP contribution in [0.4, 0.5) is 0 Å². The lowest BCUT2D eigenvalue weighted by atomic mass is 9.91. The molecule has 2 N–H and O–H groups in total. The molecule has 6 heteroatoms. The van der Waals surface area contributed by atoms with E-state index in [1.54, 1.807) is 7.11 Å². The summed E-state index contributed by atoms with van der Waals surface area (Å²) in [5.41, 5.74) is -0.683. The van der Waals surface area contributed by atoms with Gasteiger partial charge in [0.15, 0.2) is 0 Å². The Hall–Kier alpha value is -1.30. The van der Waals surface area contributed by atoms with Gasteiger partial charge >= 0.3 is 0 Å². The van der Waals surface area contributed by atoms with Crippen LogP contribution in [0.3, 0.4) is 0 Å². The van der Waals surface area contributed by atoms with Crippen LogP contribution in [0, 0.1) is 0 Å². The summed E-state index contributed by atoms with van der Waals surface area (Å²) in [5.74, 6) is 0.767. The number of hydrogen-bond donors (Lipinski definition) is 2. The van der Waals surface area contributed by atoms with Gasteiger partial charge in [-0.25, -0.2) is 0 Å². The summed E-state index contributed by atoms with van der Waals surface area (Å²) in [4.78, 5) is 12.2. The van der Waals surface area contributed by atoms with E-state index in [2.05, 4.69) is 10.6 Å². The molecule has 0 radical (unpaired) electrons. The van der Waals surface area contributed by atoms with Gasteiger partial charge in [0, 0.05) is 7.11 Å². The number of methoxy groups -OCH3 is 1. The fraction of sp³-hybridized carbons (Fsp3) is 0.533. The molecular weight excluding hydrogens is 292 g/mol. The summed E-state index contributed by atoms with van der Waals surface area (Å²) in [5, 5.41) is 6.13. The number of carbonyl (C=O) groups excluding carboxylic acids is 1. The maximum atomic E-state index is 12.2. The van der Waals surface area contributed by atoms with E-state index in [-0.39, 0.29) is 18.3 Å². The lowest BCUT2D eigenvalue weighted by molar-refractivity contribution is -0.146. The summed E-state index contributed by atoms with van der Waals surface area (Å²) in [6.07, 6.45) is 1.41. The number of halogens is 1. The molecule has 1 aliphatic rings. The van der Waals surface area contributed by atoms with Crippen LogP contribution in [0.5, 0.6) is 5.75 Å². The number of carbonyl (C=O) groups is 1. The van der Waals surface area contributed by atoms with Crippen LogP contribution < -0.4 is 15.4 Å². The molecule has 5 nitrogen and oxygen atoms in total. The van der Waals surface area contributed by atoms with Crippen molar-refractivity contribution in [2.75, 3.05) is 33.4 Å². The molecule has 1 fully saturated rings. The Morgan fingerprint density at radius 3 is 2.57 bits per heavy atom. The van der Waals surface area contributed by atoms with Gasteiger partial charge in [-0.3, -0.25) is 4.79 Å². The van der Waals surface area contributed by atoms with Gasteiger partial charge in [0.05, 0.1) is 6.54 Å². The first-order chi connectivity index (χ1) is 9.77. The van der Waals surface area contributed by atoms with E-state index in [9.17, 15) is 4.79 Å². The molecule has 1 aromatic rings. The Balaban J connectivity index is 0.00000220. The molecule has 0 aromatic heterocycles. The van der Waals surface area contributed by atoms with Gasteiger partial charge in [-0.15, -0.1) is 12.4 Å². The van der Waals surface area contributed by atoms with Crippen molar-refractivity contribution in [3.63, 3.8) is 0 Å². The predicted octanol–water partition coefficient (Wildman–Crippen LogP) is 1.37. The zero-order chi connectivity index (χ0) is 14.3. The molecule has 21 heavy (non-hydrogen) atoms. The molecule has 0 bridgehead atoms. The smallest absolute Gasteiger partial charge is 0.252 e. The Morgan fingerprint density at radius 2 is 1.95 bits per heavy atom. The SMILES string of the molecule is COC1(C(=O)NCCOc2ccccc2)CCNCC1.Cl. The molecule has 0 saturated carbocycles. The van der Waals surface area contributed by atoms with Crippen molar-refractivity contribution in [1.29, 1.82) is 0 Å². The van der Waals surface area contributed by atoms with E-state index in [0.717, 1.165) is 18.8 Å². The molecule has 1 heterocycles. The largest absolute Gasteiger partial charge is 0.492 e. The van der Waals surface area contributed by atoms with Crippen molar-refractivity contribution < 1.29 is 14.3 Å². The number of benzene rings is 1. The van der Waals surface area contributed by atoms with Crippen molar-refractivity contribution in [2.45, 2.75) is 18.4 Å². The number of amides is 1. The number of hydrogen-bond acceptors (Lipinski definition) is 4.